The Morgan fingerprint density at radius 3 is 2.29 bits per heavy atom. The smallest absolute Gasteiger partial charge is 0.407 e. The Balaban J connectivity index is 1.35. The molecule has 4 rings (SSSR count). The topological polar surface area (TPSA) is 131 Å². The Hall–Kier alpha value is -4.28. The summed E-state index contributed by atoms with van der Waals surface area (Å²) in [7, 11) is 0. The predicted octanol–water partition coefficient (Wildman–Crippen LogP) is 3.55. The van der Waals surface area contributed by atoms with Crippen LogP contribution in [-0.2, 0) is 16.1 Å². The van der Waals surface area contributed by atoms with Gasteiger partial charge in [-0.3, -0.25) is 4.79 Å². The summed E-state index contributed by atoms with van der Waals surface area (Å²) in [5, 5.41) is 17.1. The predicted molar refractivity (Wildman–Crippen MR) is 118 cm³/mol. The number of fused-ring (bicyclic) bond motifs is 3. The maximum absolute atomic E-state index is 12.6. The number of amides is 2. The maximum Gasteiger partial charge on any atom is 0.407 e. The van der Waals surface area contributed by atoms with Gasteiger partial charge in [-0.15, -0.1) is 0 Å². The van der Waals surface area contributed by atoms with Gasteiger partial charge in [-0.1, -0.05) is 53.7 Å². The van der Waals surface area contributed by atoms with Gasteiger partial charge in [0.2, 0.25) is 6.43 Å². The zero-order chi connectivity index (χ0) is 24.9. The van der Waals surface area contributed by atoms with Crippen LogP contribution in [0, 0.1) is 0 Å². The normalized spacial score (nSPS) is 13.1. The molecule has 182 valence electrons. The molecule has 1 aliphatic rings. The molecule has 1 aliphatic carbocycles. The van der Waals surface area contributed by atoms with Gasteiger partial charge in [0, 0.05) is 12.3 Å². The molecule has 0 bridgehead atoms. The molecule has 1 atom stereocenters. The number of halogens is 2. The minimum absolute atomic E-state index is 0.0165. The third-order valence-electron chi connectivity index (χ3n) is 5.65. The molecule has 0 fully saturated rings. The lowest BCUT2D eigenvalue weighted by Crippen LogP contribution is -2.42. The van der Waals surface area contributed by atoms with Crippen molar-refractivity contribution < 1.29 is 37.5 Å². The number of alkyl carbamates (subject to hydrolysis) is 1. The monoisotopic (exact) mass is 485 g/mol. The molecule has 0 aliphatic heterocycles. The highest BCUT2D eigenvalue weighted by Crippen LogP contribution is 2.44. The third kappa shape index (κ3) is 5.29. The van der Waals surface area contributed by atoms with Crippen LogP contribution in [0.3, 0.4) is 0 Å². The number of nitrogens with zero attached hydrogens (tertiary/aromatic N) is 1. The van der Waals surface area contributed by atoms with Gasteiger partial charge in [-0.2, -0.15) is 0 Å². The molecule has 0 spiro atoms. The number of alkyl halides is 2. The second-order valence-electron chi connectivity index (χ2n) is 7.85. The Bertz CT molecular complexity index is 1200. The molecule has 1 aromatic heterocycles. The van der Waals surface area contributed by atoms with Gasteiger partial charge in [0.25, 0.3) is 5.91 Å². The van der Waals surface area contributed by atoms with E-state index < -0.39 is 36.9 Å². The van der Waals surface area contributed by atoms with Gasteiger partial charge >= 0.3 is 12.1 Å². The van der Waals surface area contributed by atoms with Crippen LogP contribution in [0.4, 0.5) is 13.6 Å². The summed E-state index contributed by atoms with van der Waals surface area (Å²) in [5.41, 5.74) is 4.06. The van der Waals surface area contributed by atoms with Gasteiger partial charge in [-0.25, -0.2) is 18.4 Å². The lowest BCUT2D eigenvalue weighted by atomic mass is 9.98. The van der Waals surface area contributed by atoms with Crippen LogP contribution in [0.1, 0.15) is 39.5 Å². The van der Waals surface area contributed by atoms with E-state index in [1.807, 2.05) is 53.8 Å². The highest BCUT2D eigenvalue weighted by atomic mass is 19.3. The van der Waals surface area contributed by atoms with Crippen LogP contribution >= 0.6 is 0 Å². The third-order valence-corrected chi connectivity index (χ3v) is 5.65. The van der Waals surface area contributed by atoms with Gasteiger partial charge in [0.15, 0.2) is 0 Å². The van der Waals surface area contributed by atoms with Gasteiger partial charge in [0.05, 0.1) is 6.54 Å². The summed E-state index contributed by atoms with van der Waals surface area (Å²) in [6, 6.07) is 14.0. The summed E-state index contributed by atoms with van der Waals surface area (Å²) in [6.45, 7) is -0.178. The van der Waals surface area contributed by atoms with E-state index in [-0.39, 0.29) is 30.3 Å². The van der Waals surface area contributed by atoms with Crippen molar-refractivity contribution in [3.8, 4) is 11.1 Å². The van der Waals surface area contributed by atoms with Crippen molar-refractivity contribution in [3.05, 3.63) is 77.2 Å². The van der Waals surface area contributed by atoms with Crippen molar-refractivity contribution >= 4 is 18.0 Å². The van der Waals surface area contributed by atoms with Crippen molar-refractivity contribution in [1.82, 2.24) is 15.8 Å². The van der Waals surface area contributed by atoms with Crippen LogP contribution in [0.2, 0.25) is 0 Å². The van der Waals surface area contributed by atoms with E-state index in [1.54, 1.807) is 0 Å². The number of hydrogen-bond donors (Lipinski definition) is 3. The van der Waals surface area contributed by atoms with E-state index in [4.69, 9.17) is 14.4 Å². The number of ether oxygens (including phenoxy) is 1. The highest BCUT2D eigenvalue weighted by molar-refractivity contribution is 5.97. The van der Waals surface area contributed by atoms with E-state index in [9.17, 15) is 23.2 Å². The Kier molecular flexibility index (Phi) is 7.04. The summed E-state index contributed by atoms with van der Waals surface area (Å²) in [6.07, 6.45) is -3.80. The first-order chi connectivity index (χ1) is 16.8. The second kappa shape index (κ2) is 10.3. The molecule has 0 saturated carbocycles. The molecule has 3 aromatic rings. The number of carbonyl (C=O) groups is 3. The molecular weight excluding hydrogens is 464 g/mol. The zero-order valence-electron chi connectivity index (χ0n) is 18.2. The fourth-order valence-corrected chi connectivity index (χ4v) is 4.01. The first-order valence-corrected chi connectivity index (χ1v) is 10.7. The number of hydrogen-bond acceptors (Lipinski definition) is 6. The van der Waals surface area contributed by atoms with Crippen molar-refractivity contribution in [2.75, 3.05) is 6.61 Å². The van der Waals surface area contributed by atoms with E-state index in [0.717, 1.165) is 28.5 Å². The largest absolute Gasteiger partial charge is 0.480 e. The molecule has 1 unspecified atom stereocenters. The fraction of sp³-hybridized carbons (Fsp3) is 0.250. The second-order valence-corrected chi connectivity index (χ2v) is 7.85. The fourth-order valence-electron chi connectivity index (χ4n) is 4.01. The summed E-state index contributed by atoms with van der Waals surface area (Å²) >= 11 is 0. The summed E-state index contributed by atoms with van der Waals surface area (Å²) < 4.78 is 35.3. The molecule has 9 nitrogen and oxygen atoms in total. The number of carboxylic acids is 1. The Morgan fingerprint density at radius 2 is 1.69 bits per heavy atom. The molecular formula is C24H21F2N3O6. The number of rotatable bonds is 9. The van der Waals surface area contributed by atoms with Crippen molar-refractivity contribution in [2.24, 2.45) is 0 Å². The number of aromatic nitrogens is 1. The van der Waals surface area contributed by atoms with Crippen LogP contribution in [0.25, 0.3) is 11.1 Å². The molecule has 3 N–H and O–H groups in total. The van der Waals surface area contributed by atoms with Crippen molar-refractivity contribution in [2.45, 2.75) is 31.4 Å². The molecule has 35 heavy (non-hydrogen) atoms. The zero-order valence-corrected chi connectivity index (χ0v) is 18.2. The highest BCUT2D eigenvalue weighted by Gasteiger charge is 2.29. The standard InChI is InChI=1S/C24H21F2N3O6/c25-21(26)9-19(23(31)32)28-22(30)18-12-35-29-20(18)10-27-24(33)34-11-17-15-7-3-1-5-13(15)14-6-2-4-8-16(14)17/h1-8,12,17,19,21H,9-11H2,(H,27,33)(H,28,30)(H,31,32). The maximum atomic E-state index is 12.6. The van der Waals surface area contributed by atoms with E-state index in [0.29, 0.717) is 0 Å². The van der Waals surface area contributed by atoms with Crippen LogP contribution < -0.4 is 10.6 Å². The molecule has 2 amide bonds. The van der Waals surface area contributed by atoms with Crippen molar-refractivity contribution in [3.63, 3.8) is 0 Å². The minimum atomic E-state index is -2.92. The van der Waals surface area contributed by atoms with Gasteiger partial charge in [0.1, 0.15) is 30.2 Å². The molecule has 2 aromatic carbocycles. The van der Waals surface area contributed by atoms with E-state index in [2.05, 4.69) is 10.5 Å². The minimum Gasteiger partial charge on any atom is -0.480 e. The molecule has 1 heterocycles. The molecule has 0 radical (unpaired) electrons. The first-order valence-electron chi connectivity index (χ1n) is 10.7. The Labute approximate surface area is 198 Å². The summed E-state index contributed by atoms with van der Waals surface area (Å²) in [4.78, 5) is 35.8. The lowest BCUT2D eigenvalue weighted by molar-refractivity contribution is -0.140. The molecule has 11 heteroatoms. The SMILES string of the molecule is O=C(NCc1nocc1C(=O)NC(CC(F)F)C(=O)O)OCC1c2ccccc2-c2ccccc21. The lowest BCUT2D eigenvalue weighted by Gasteiger charge is -2.15. The average molecular weight is 485 g/mol. The number of nitrogens with one attached hydrogen (secondary N) is 2. The number of carboxylic acid groups (broad SMARTS) is 1. The Morgan fingerprint density at radius 1 is 1.06 bits per heavy atom. The first kappa shape index (κ1) is 23.9. The van der Waals surface area contributed by atoms with Crippen LogP contribution in [0.15, 0.2) is 59.3 Å². The van der Waals surface area contributed by atoms with E-state index >= 15 is 0 Å². The number of benzene rings is 2. The average Bonchev–Trinajstić information content (AvgIpc) is 3.43. The van der Waals surface area contributed by atoms with E-state index in [1.165, 1.54) is 0 Å². The van der Waals surface area contributed by atoms with Crippen molar-refractivity contribution in [1.29, 1.82) is 0 Å². The molecule has 0 saturated heterocycles. The summed E-state index contributed by atoms with van der Waals surface area (Å²) in [5.74, 6) is -2.71. The van der Waals surface area contributed by atoms with Gasteiger partial charge in [-0.05, 0) is 22.3 Å². The quantitative estimate of drug-likeness (QED) is 0.422. The van der Waals surface area contributed by atoms with Crippen LogP contribution in [0.5, 0.6) is 0 Å². The van der Waals surface area contributed by atoms with Gasteiger partial charge < -0.3 is 25.0 Å². The number of carbonyl (C=O) groups excluding carboxylic acids is 2. The number of aliphatic carboxylic acids is 1. The van der Waals surface area contributed by atoms with Crippen LogP contribution in [-0.4, -0.2) is 47.3 Å².